The van der Waals surface area contributed by atoms with Gasteiger partial charge in [0.25, 0.3) is 0 Å². The van der Waals surface area contributed by atoms with Crippen LogP contribution in [0.3, 0.4) is 0 Å². The maximum atomic E-state index is 5.97. The molecule has 0 fully saturated rings. The van der Waals surface area contributed by atoms with E-state index in [1.165, 1.54) is 0 Å². The summed E-state index contributed by atoms with van der Waals surface area (Å²) in [5.41, 5.74) is 0. The fourth-order valence-electron chi connectivity index (χ4n) is 2.12. The molecule has 0 spiro atoms. The Kier molecular flexibility index (Phi) is 6.08. The lowest BCUT2D eigenvalue weighted by atomic mass is 9.98. The number of thioether (sulfide) groups is 1. The van der Waals surface area contributed by atoms with Gasteiger partial charge in [-0.3, -0.25) is 0 Å². The van der Waals surface area contributed by atoms with Crippen molar-refractivity contribution in [1.82, 2.24) is 15.5 Å². The molecule has 0 saturated carbocycles. The summed E-state index contributed by atoms with van der Waals surface area (Å²) in [6, 6.07) is 8.07. The molecule has 0 radical (unpaired) electrons. The van der Waals surface area contributed by atoms with Crippen molar-refractivity contribution in [2.75, 3.05) is 7.05 Å². The van der Waals surface area contributed by atoms with Crippen molar-refractivity contribution in [2.45, 2.75) is 42.9 Å². The standard InChI is InChI=1S/C15H20ClN3OS/c1-4-13(10(2)17-3)15-18-14(19-20-15)9-21-12-7-5-6-11(16)8-12/h5-8,10,13,17H,4,9H2,1-3H3. The van der Waals surface area contributed by atoms with Crippen LogP contribution < -0.4 is 5.32 Å². The first-order valence-corrected chi connectivity index (χ1v) is 8.38. The number of aromatic nitrogens is 2. The zero-order valence-electron chi connectivity index (χ0n) is 12.5. The molecule has 0 aliphatic heterocycles. The summed E-state index contributed by atoms with van der Waals surface area (Å²) in [6.07, 6.45) is 0.963. The minimum absolute atomic E-state index is 0.243. The second-order valence-corrected chi connectivity index (χ2v) is 6.37. The molecular weight excluding hydrogens is 306 g/mol. The molecule has 114 valence electrons. The Bertz CT molecular complexity index is 576. The fourth-order valence-corrected chi connectivity index (χ4v) is 3.18. The van der Waals surface area contributed by atoms with Crippen molar-refractivity contribution in [3.63, 3.8) is 0 Å². The molecule has 2 rings (SSSR count). The fraction of sp³-hybridized carbons (Fsp3) is 0.467. The zero-order chi connectivity index (χ0) is 15.2. The summed E-state index contributed by atoms with van der Waals surface area (Å²) in [4.78, 5) is 5.62. The van der Waals surface area contributed by atoms with Crippen molar-refractivity contribution < 1.29 is 4.52 Å². The van der Waals surface area contributed by atoms with Gasteiger partial charge in [0, 0.05) is 16.0 Å². The van der Waals surface area contributed by atoms with E-state index in [1.807, 2.05) is 31.3 Å². The highest BCUT2D eigenvalue weighted by Crippen LogP contribution is 2.26. The van der Waals surface area contributed by atoms with Crippen LogP contribution in [0.2, 0.25) is 5.02 Å². The molecule has 2 atom stereocenters. The maximum Gasteiger partial charge on any atom is 0.231 e. The van der Waals surface area contributed by atoms with Crippen LogP contribution in [0, 0.1) is 0 Å². The van der Waals surface area contributed by atoms with Gasteiger partial charge in [0.15, 0.2) is 5.82 Å². The summed E-state index contributed by atoms with van der Waals surface area (Å²) in [5, 5.41) is 8.05. The molecule has 0 aliphatic rings. The van der Waals surface area contributed by atoms with Crippen LogP contribution >= 0.6 is 23.4 Å². The average Bonchev–Trinajstić information content (AvgIpc) is 2.94. The topological polar surface area (TPSA) is 51.0 Å². The summed E-state index contributed by atoms with van der Waals surface area (Å²) >= 11 is 7.62. The van der Waals surface area contributed by atoms with Crippen molar-refractivity contribution in [1.29, 1.82) is 0 Å². The van der Waals surface area contributed by atoms with Gasteiger partial charge in [-0.2, -0.15) is 4.98 Å². The lowest BCUT2D eigenvalue weighted by Crippen LogP contribution is -2.28. The van der Waals surface area contributed by atoms with Gasteiger partial charge in [-0.25, -0.2) is 0 Å². The van der Waals surface area contributed by atoms with Gasteiger partial charge in [0.05, 0.1) is 11.7 Å². The monoisotopic (exact) mass is 325 g/mol. The Balaban J connectivity index is 1.99. The van der Waals surface area contributed by atoms with Gasteiger partial charge in [0.2, 0.25) is 5.89 Å². The molecule has 0 saturated heterocycles. The number of nitrogens with zero attached hydrogens (tertiary/aromatic N) is 2. The molecule has 6 heteroatoms. The first-order chi connectivity index (χ1) is 10.1. The van der Waals surface area contributed by atoms with Crippen LogP contribution in [0.1, 0.15) is 37.9 Å². The van der Waals surface area contributed by atoms with Crippen molar-refractivity contribution in [3.8, 4) is 0 Å². The van der Waals surface area contributed by atoms with Crippen LogP contribution in [0.25, 0.3) is 0 Å². The van der Waals surface area contributed by atoms with Crippen molar-refractivity contribution >= 4 is 23.4 Å². The number of rotatable bonds is 7. The quantitative estimate of drug-likeness (QED) is 0.776. The maximum absolute atomic E-state index is 5.97. The Hall–Kier alpha value is -1.04. The van der Waals surface area contributed by atoms with Crippen LogP contribution in [0.15, 0.2) is 33.7 Å². The van der Waals surface area contributed by atoms with Gasteiger partial charge < -0.3 is 9.84 Å². The minimum Gasteiger partial charge on any atom is -0.339 e. The molecule has 4 nitrogen and oxygen atoms in total. The molecule has 21 heavy (non-hydrogen) atoms. The van der Waals surface area contributed by atoms with E-state index in [4.69, 9.17) is 16.1 Å². The third-order valence-electron chi connectivity index (χ3n) is 3.46. The molecule has 0 amide bonds. The second-order valence-electron chi connectivity index (χ2n) is 4.89. The summed E-state index contributed by atoms with van der Waals surface area (Å²) in [7, 11) is 1.94. The first kappa shape index (κ1) is 16.3. The molecule has 2 unspecified atom stereocenters. The smallest absolute Gasteiger partial charge is 0.231 e. The number of halogens is 1. The number of benzene rings is 1. The lowest BCUT2D eigenvalue weighted by molar-refractivity contribution is 0.320. The highest BCUT2D eigenvalue weighted by atomic mass is 35.5. The predicted octanol–water partition coefficient (Wildman–Crippen LogP) is 4.12. The number of hydrogen-bond acceptors (Lipinski definition) is 5. The SMILES string of the molecule is CCC(c1nc(CSc2cccc(Cl)c2)no1)C(C)NC. The molecule has 1 aromatic carbocycles. The van der Waals surface area contributed by atoms with Gasteiger partial charge in [0.1, 0.15) is 0 Å². The van der Waals surface area contributed by atoms with E-state index < -0.39 is 0 Å². The minimum atomic E-state index is 0.243. The third-order valence-corrected chi connectivity index (χ3v) is 4.69. The first-order valence-electron chi connectivity index (χ1n) is 7.02. The zero-order valence-corrected chi connectivity index (χ0v) is 14.0. The van der Waals surface area contributed by atoms with Crippen molar-refractivity contribution in [3.05, 3.63) is 41.0 Å². The second kappa shape index (κ2) is 7.82. The van der Waals surface area contributed by atoms with E-state index in [-0.39, 0.29) is 5.92 Å². The van der Waals surface area contributed by atoms with Crippen LogP contribution in [-0.2, 0) is 5.75 Å². The van der Waals surface area contributed by atoms with E-state index in [0.29, 0.717) is 17.7 Å². The molecule has 0 bridgehead atoms. The molecule has 0 aliphatic carbocycles. The lowest BCUT2D eigenvalue weighted by Gasteiger charge is -2.17. The number of hydrogen-bond donors (Lipinski definition) is 1. The average molecular weight is 326 g/mol. The van der Waals surface area contributed by atoms with Gasteiger partial charge in [-0.05, 0) is 38.6 Å². The van der Waals surface area contributed by atoms with Crippen LogP contribution in [-0.4, -0.2) is 23.2 Å². The van der Waals surface area contributed by atoms with Crippen molar-refractivity contribution in [2.24, 2.45) is 0 Å². The number of nitrogens with one attached hydrogen (secondary N) is 1. The van der Waals surface area contributed by atoms with E-state index in [0.717, 1.165) is 22.2 Å². The molecule has 1 heterocycles. The molecule has 2 aromatic rings. The Morgan fingerprint density at radius 1 is 1.43 bits per heavy atom. The predicted molar refractivity (Wildman–Crippen MR) is 86.9 cm³/mol. The third kappa shape index (κ3) is 4.46. The van der Waals surface area contributed by atoms with E-state index in [1.54, 1.807) is 11.8 Å². The molecular formula is C15H20ClN3OS. The molecule has 1 aromatic heterocycles. The Morgan fingerprint density at radius 3 is 2.90 bits per heavy atom. The largest absolute Gasteiger partial charge is 0.339 e. The van der Waals surface area contributed by atoms with E-state index in [2.05, 4.69) is 29.3 Å². The summed E-state index contributed by atoms with van der Waals surface area (Å²) < 4.78 is 5.41. The molecule has 1 N–H and O–H groups in total. The van der Waals surface area contributed by atoms with Gasteiger partial charge in [-0.15, -0.1) is 11.8 Å². The van der Waals surface area contributed by atoms with Crippen LogP contribution in [0.5, 0.6) is 0 Å². The van der Waals surface area contributed by atoms with Crippen LogP contribution in [0.4, 0.5) is 0 Å². The summed E-state index contributed by atoms with van der Waals surface area (Å²) in [5.74, 6) is 2.35. The summed E-state index contributed by atoms with van der Waals surface area (Å²) in [6.45, 7) is 4.25. The number of likely N-dealkylation sites (N-methyl/N-ethyl adjacent to an activating group) is 1. The van der Waals surface area contributed by atoms with Gasteiger partial charge in [-0.1, -0.05) is 29.7 Å². The van der Waals surface area contributed by atoms with E-state index in [9.17, 15) is 0 Å². The Morgan fingerprint density at radius 2 is 2.24 bits per heavy atom. The highest BCUT2D eigenvalue weighted by molar-refractivity contribution is 7.98. The normalized spacial score (nSPS) is 14.1. The Labute approximate surface area is 134 Å². The van der Waals surface area contributed by atoms with Gasteiger partial charge >= 0.3 is 0 Å². The highest BCUT2D eigenvalue weighted by Gasteiger charge is 2.22. The van der Waals surface area contributed by atoms with E-state index >= 15 is 0 Å².